The van der Waals surface area contributed by atoms with E-state index in [1.54, 1.807) is 43.6 Å². The monoisotopic (exact) mass is 693 g/mol. The first kappa shape index (κ1) is 35.0. The topological polar surface area (TPSA) is 151 Å². The third kappa shape index (κ3) is 8.20. The zero-order chi connectivity index (χ0) is 34.2. The Balaban J connectivity index is 1.35. The predicted molar refractivity (Wildman–Crippen MR) is 185 cm³/mol. The molecule has 1 aliphatic heterocycles. The van der Waals surface area contributed by atoms with Gasteiger partial charge in [0.05, 0.1) is 54.1 Å². The fourth-order valence-electron chi connectivity index (χ4n) is 5.43. The zero-order valence-corrected chi connectivity index (χ0v) is 28.4. The lowest BCUT2D eigenvalue weighted by atomic mass is 10.1. The summed E-state index contributed by atoms with van der Waals surface area (Å²) in [7, 11) is 4.95. The number of likely N-dealkylation sites (N-methyl/N-ethyl adjacent to an activating group) is 1. The number of pyridine rings is 3. The van der Waals surface area contributed by atoms with Gasteiger partial charge in [0.2, 0.25) is 11.8 Å². The number of nitrogens with zero attached hydrogens (tertiary/aromatic N) is 4. The van der Waals surface area contributed by atoms with Gasteiger partial charge in [-0.25, -0.2) is 9.97 Å². The summed E-state index contributed by atoms with van der Waals surface area (Å²) >= 11 is 13.8. The van der Waals surface area contributed by atoms with Crippen molar-refractivity contribution in [1.82, 2.24) is 30.5 Å². The predicted octanol–water partition coefficient (Wildman–Crippen LogP) is 4.57. The molecule has 252 valence electrons. The summed E-state index contributed by atoms with van der Waals surface area (Å²) < 4.78 is 11.0. The lowest BCUT2D eigenvalue weighted by molar-refractivity contribution is -0.119. The Morgan fingerprint density at radius 3 is 2.65 bits per heavy atom. The molecule has 0 bridgehead atoms. The van der Waals surface area contributed by atoms with E-state index in [1.807, 2.05) is 24.1 Å². The highest BCUT2D eigenvalue weighted by Crippen LogP contribution is 2.40. The molecule has 0 radical (unpaired) electrons. The molecule has 14 heteroatoms. The Hall–Kier alpha value is -4.33. The van der Waals surface area contributed by atoms with Gasteiger partial charge >= 0.3 is 0 Å². The average molecular weight is 695 g/mol. The highest BCUT2D eigenvalue weighted by Gasteiger charge is 2.22. The van der Waals surface area contributed by atoms with Crippen LogP contribution in [-0.4, -0.2) is 83.8 Å². The summed E-state index contributed by atoms with van der Waals surface area (Å²) in [6, 6.07) is 12.5. The van der Waals surface area contributed by atoms with Crippen molar-refractivity contribution in [1.29, 1.82) is 0 Å². The fourth-order valence-corrected chi connectivity index (χ4v) is 6.00. The summed E-state index contributed by atoms with van der Waals surface area (Å²) in [6.45, 7) is 2.08. The van der Waals surface area contributed by atoms with E-state index in [4.69, 9.17) is 37.7 Å². The molecular formula is C34H37Cl2N7O5. The molecule has 1 atom stereocenters. The van der Waals surface area contributed by atoms with E-state index in [9.17, 15) is 14.7 Å². The smallest absolute Gasteiger partial charge is 0.274 e. The second kappa shape index (κ2) is 16.2. The van der Waals surface area contributed by atoms with Crippen molar-refractivity contribution in [2.45, 2.75) is 32.0 Å². The summed E-state index contributed by atoms with van der Waals surface area (Å²) in [6.07, 6.45) is 4.48. The van der Waals surface area contributed by atoms with Gasteiger partial charge in [-0.2, -0.15) is 0 Å². The van der Waals surface area contributed by atoms with Crippen LogP contribution in [0.4, 0.5) is 5.69 Å². The molecule has 4 N–H and O–H groups in total. The number of aromatic nitrogens is 3. The van der Waals surface area contributed by atoms with Crippen LogP contribution in [0.3, 0.4) is 0 Å². The number of carbonyl (C=O) groups excluding carboxylic acids is 2. The minimum atomic E-state index is -0.463. The zero-order valence-electron chi connectivity index (χ0n) is 26.8. The number of nitrogens with one attached hydrogen (secondary N) is 3. The van der Waals surface area contributed by atoms with Gasteiger partial charge in [0.15, 0.2) is 0 Å². The van der Waals surface area contributed by atoms with E-state index in [0.717, 1.165) is 17.5 Å². The molecule has 0 saturated carbocycles. The standard InChI is InChI=1S/C34H37Cl2N7O5/c1-43(13-14-44)19-21-15-27(39-18-28(21)47-2)33(46)41-26-6-4-5-24(30(26)35)32-31(36)23(11-12-38-32)25-9-7-20(34(42-25)48-3)16-37-17-22-8-10-29(45)40-22/h4-7,9,11-12,15,18,22,37,44H,8,10,13-14,16-17,19H2,1-3H3,(H,40,45)(H,41,46)/t22-/m0/s1. The number of hydrogen-bond donors (Lipinski definition) is 4. The number of anilines is 1. The molecule has 1 aliphatic rings. The third-order valence-corrected chi connectivity index (χ3v) is 8.70. The summed E-state index contributed by atoms with van der Waals surface area (Å²) in [5, 5.41) is 19.0. The number of carbonyl (C=O) groups is 2. The molecule has 2 amide bonds. The van der Waals surface area contributed by atoms with Gasteiger partial charge in [-0.15, -0.1) is 0 Å². The highest BCUT2D eigenvalue weighted by atomic mass is 35.5. The summed E-state index contributed by atoms with van der Waals surface area (Å²) in [4.78, 5) is 40.2. The number of hydrogen-bond acceptors (Lipinski definition) is 10. The van der Waals surface area contributed by atoms with Gasteiger partial charge in [-0.1, -0.05) is 41.4 Å². The van der Waals surface area contributed by atoms with Crippen LogP contribution in [-0.2, 0) is 17.9 Å². The van der Waals surface area contributed by atoms with Crippen molar-refractivity contribution < 1.29 is 24.2 Å². The van der Waals surface area contributed by atoms with E-state index in [0.29, 0.717) is 77.5 Å². The van der Waals surface area contributed by atoms with Crippen LogP contribution in [0.2, 0.25) is 10.0 Å². The van der Waals surface area contributed by atoms with Crippen LogP contribution >= 0.6 is 23.2 Å². The molecule has 0 unspecified atom stereocenters. The molecule has 0 spiro atoms. The number of rotatable bonds is 14. The molecule has 1 aromatic carbocycles. The molecule has 5 rings (SSSR count). The summed E-state index contributed by atoms with van der Waals surface area (Å²) in [5.74, 6) is 0.597. The first-order chi connectivity index (χ1) is 23.2. The van der Waals surface area contributed by atoms with Crippen molar-refractivity contribution in [3.8, 4) is 34.1 Å². The third-order valence-electron chi connectivity index (χ3n) is 7.91. The second-order valence-corrected chi connectivity index (χ2v) is 12.0. The summed E-state index contributed by atoms with van der Waals surface area (Å²) in [5.41, 5.74) is 4.27. The van der Waals surface area contributed by atoms with Crippen LogP contribution in [0.5, 0.6) is 11.6 Å². The van der Waals surface area contributed by atoms with E-state index >= 15 is 0 Å². The molecule has 3 aromatic heterocycles. The van der Waals surface area contributed by atoms with Gasteiger partial charge in [0.25, 0.3) is 5.91 Å². The van der Waals surface area contributed by atoms with Crippen molar-refractivity contribution in [2.75, 3.05) is 46.3 Å². The Labute approximate surface area is 288 Å². The maximum Gasteiger partial charge on any atom is 0.274 e. The van der Waals surface area contributed by atoms with Crippen LogP contribution in [0.15, 0.2) is 54.9 Å². The van der Waals surface area contributed by atoms with E-state index < -0.39 is 5.91 Å². The minimum absolute atomic E-state index is 0.00661. The fraction of sp³-hybridized carbons (Fsp3) is 0.324. The normalized spacial score (nSPS) is 14.2. The Bertz CT molecular complexity index is 1790. The quantitative estimate of drug-likeness (QED) is 0.148. The van der Waals surface area contributed by atoms with E-state index in [1.165, 1.54) is 13.3 Å². The molecule has 1 saturated heterocycles. The lowest BCUT2D eigenvalue weighted by Gasteiger charge is -2.18. The number of ether oxygens (including phenoxy) is 2. The molecule has 48 heavy (non-hydrogen) atoms. The van der Waals surface area contributed by atoms with Crippen LogP contribution < -0.4 is 25.4 Å². The van der Waals surface area contributed by atoms with Crippen LogP contribution in [0, 0.1) is 0 Å². The molecule has 0 aliphatic carbocycles. The van der Waals surface area contributed by atoms with Gasteiger partial charge in [0.1, 0.15) is 11.4 Å². The van der Waals surface area contributed by atoms with E-state index in [-0.39, 0.29) is 29.3 Å². The van der Waals surface area contributed by atoms with Crippen molar-refractivity contribution in [2.24, 2.45) is 0 Å². The number of aliphatic hydroxyl groups excluding tert-OH is 1. The van der Waals surface area contributed by atoms with Crippen LogP contribution in [0.25, 0.3) is 22.5 Å². The molecular weight excluding hydrogens is 657 g/mol. The number of halogens is 2. The van der Waals surface area contributed by atoms with Crippen LogP contribution in [0.1, 0.15) is 34.5 Å². The molecule has 12 nitrogen and oxygen atoms in total. The van der Waals surface area contributed by atoms with E-state index in [2.05, 4.69) is 25.9 Å². The Kier molecular flexibility index (Phi) is 11.8. The van der Waals surface area contributed by atoms with Gasteiger partial charge in [-0.05, 0) is 37.7 Å². The molecule has 4 heterocycles. The lowest BCUT2D eigenvalue weighted by Crippen LogP contribution is -2.35. The minimum Gasteiger partial charge on any atom is -0.495 e. The maximum atomic E-state index is 13.3. The van der Waals surface area contributed by atoms with Crippen molar-refractivity contribution in [3.63, 3.8) is 0 Å². The Morgan fingerprint density at radius 2 is 1.92 bits per heavy atom. The van der Waals surface area contributed by atoms with Gasteiger partial charge < -0.3 is 30.5 Å². The molecule has 1 fully saturated rings. The Morgan fingerprint density at radius 1 is 1.08 bits per heavy atom. The van der Waals surface area contributed by atoms with Gasteiger partial charge in [0, 0.05) is 67.1 Å². The number of benzene rings is 1. The average Bonchev–Trinajstić information content (AvgIpc) is 3.50. The highest BCUT2D eigenvalue weighted by molar-refractivity contribution is 6.39. The van der Waals surface area contributed by atoms with Gasteiger partial charge in [-0.3, -0.25) is 19.5 Å². The maximum absolute atomic E-state index is 13.3. The SMILES string of the molecule is COc1cnc(C(=O)Nc2cccc(-c3nccc(-c4ccc(CNC[C@@H]5CCC(=O)N5)c(OC)n4)c3Cl)c2Cl)cc1CN(C)CCO. The second-order valence-electron chi connectivity index (χ2n) is 11.3. The first-order valence-electron chi connectivity index (χ1n) is 15.3. The van der Waals surface area contributed by atoms with Crippen molar-refractivity contribution in [3.05, 3.63) is 81.7 Å². The molecule has 4 aromatic rings. The number of methoxy groups -OCH3 is 2. The largest absolute Gasteiger partial charge is 0.495 e. The number of aliphatic hydroxyl groups is 1. The number of amides is 2. The first-order valence-corrected chi connectivity index (χ1v) is 16.1. The van der Waals surface area contributed by atoms with Crippen molar-refractivity contribution >= 4 is 40.7 Å².